The predicted octanol–water partition coefficient (Wildman–Crippen LogP) is 1.42. The molecule has 2 aromatic rings. The summed E-state index contributed by atoms with van der Waals surface area (Å²) in [6, 6.07) is 5.34. The van der Waals surface area contributed by atoms with Crippen LogP contribution in [0.2, 0.25) is 0 Å². The van der Waals surface area contributed by atoms with Gasteiger partial charge in [-0.15, -0.1) is 10.2 Å². The Bertz CT molecular complexity index is 834. The molecular weight excluding hydrogens is 414 g/mol. The van der Waals surface area contributed by atoms with Crippen molar-refractivity contribution in [1.29, 1.82) is 0 Å². The zero-order valence-electron chi connectivity index (χ0n) is 14.6. The van der Waals surface area contributed by atoms with Crippen molar-refractivity contribution in [2.24, 2.45) is 5.73 Å². The van der Waals surface area contributed by atoms with E-state index >= 15 is 0 Å². The number of hydrogen-bond acceptors (Lipinski definition) is 7. The average molecular weight is 436 g/mol. The van der Waals surface area contributed by atoms with Crippen LogP contribution in [0.25, 0.3) is 5.70 Å². The van der Waals surface area contributed by atoms with E-state index in [-0.39, 0.29) is 6.17 Å². The summed E-state index contributed by atoms with van der Waals surface area (Å²) in [6.45, 7) is 1.51. The van der Waals surface area contributed by atoms with E-state index in [0.29, 0.717) is 25.3 Å². The SMILES string of the molecule is NC1C=CC=C(c2nncn2CCCOCc2ccc(Br)cc2C(O)O)N1. The number of nitrogens with one attached hydrogen (secondary N) is 1. The molecule has 1 aromatic heterocycles. The van der Waals surface area contributed by atoms with Crippen molar-refractivity contribution in [3.8, 4) is 0 Å². The van der Waals surface area contributed by atoms with Crippen molar-refractivity contribution in [3.05, 3.63) is 64.2 Å². The van der Waals surface area contributed by atoms with Gasteiger partial charge in [-0.25, -0.2) is 0 Å². The summed E-state index contributed by atoms with van der Waals surface area (Å²) in [4.78, 5) is 0. The topological polar surface area (TPSA) is 118 Å². The third-order valence-corrected chi connectivity index (χ3v) is 4.58. The molecule has 1 aliphatic heterocycles. The number of nitrogens with two attached hydrogens (primary N) is 1. The summed E-state index contributed by atoms with van der Waals surface area (Å²) >= 11 is 3.32. The molecule has 1 atom stereocenters. The quantitative estimate of drug-likeness (QED) is 0.365. The molecule has 0 amide bonds. The van der Waals surface area contributed by atoms with E-state index in [2.05, 4.69) is 31.4 Å². The highest BCUT2D eigenvalue weighted by atomic mass is 79.9. The van der Waals surface area contributed by atoms with E-state index < -0.39 is 6.29 Å². The van der Waals surface area contributed by atoms with Crippen molar-refractivity contribution in [2.75, 3.05) is 6.61 Å². The highest BCUT2D eigenvalue weighted by Gasteiger charge is 2.14. The third-order valence-electron chi connectivity index (χ3n) is 4.09. The molecule has 0 spiro atoms. The van der Waals surface area contributed by atoms with Gasteiger partial charge in [0, 0.05) is 23.2 Å². The lowest BCUT2D eigenvalue weighted by atomic mass is 10.1. The second kappa shape index (κ2) is 9.25. The Kier molecular flexibility index (Phi) is 6.75. The average Bonchev–Trinajstić information content (AvgIpc) is 3.11. The molecule has 0 fully saturated rings. The summed E-state index contributed by atoms with van der Waals surface area (Å²) in [5.41, 5.74) is 7.88. The molecule has 5 N–H and O–H groups in total. The van der Waals surface area contributed by atoms with Gasteiger partial charge in [-0.05, 0) is 36.3 Å². The lowest BCUT2D eigenvalue weighted by molar-refractivity contribution is -0.0443. The normalized spacial score (nSPS) is 16.5. The van der Waals surface area contributed by atoms with Gasteiger partial charge in [0.05, 0.1) is 18.5 Å². The third kappa shape index (κ3) is 5.24. The fraction of sp³-hybridized carbons (Fsp3) is 0.333. The standard InChI is InChI=1S/C18H22BrN5O3/c19-13-6-5-12(14(9-13)18(25)26)10-27-8-2-7-24-11-21-23-17(24)15-3-1-4-16(20)22-15/h1,3-6,9,11,16,18,22,25-26H,2,7-8,10,20H2. The van der Waals surface area contributed by atoms with Crippen LogP contribution in [0.4, 0.5) is 0 Å². The molecular formula is C18H22BrN5O3. The molecule has 0 radical (unpaired) electrons. The van der Waals surface area contributed by atoms with Gasteiger partial charge < -0.3 is 30.6 Å². The van der Waals surface area contributed by atoms with Crippen molar-refractivity contribution in [3.63, 3.8) is 0 Å². The molecule has 0 aliphatic carbocycles. The van der Waals surface area contributed by atoms with E-state index in [4.69, 9.17) is 10.5 Å². The van der Waals surface area contributed by atoms with Gasteiger partial charge >= 0.3 is 0 Å². The Morgan fingerprint density at radius 3 is 3.00 bits per heavy atom. The minimum absolute atomic E-state index is 0.236. The van der Waals surface area contributed by atoms with Crippen LogP contribution in [0.1, 0.15) is 29.7 Å². The smallest absolute Gasteiger partial charge is 0.179 e. The fourth-order valence-electron chi connectivity index (χ4n) is 2.77. The first kappa shape index (κ1) is 19.7. The van der Waals surface area contributed by atoms with Crippen LogP contribution in [0.3, 0.4) is 0 Å². The number of benzene rings is 1. The Hall–Kier alpha value is -2.04. The van der Waals surface area contributed by atoms with Gasteiger partial charge in [0.15, 0.2) is 12.1 Å². The molecule has 27 heavy (non-hydrogen) atoms. The zero-order chi connectivity index (χ0) is 19.2. The molecule has 144 valence electrons. The van der Waals surface area contributed by atoms with E-state index in [1.165, 1.54) is 0 Å². The van der Waals surface area contributed by atoms with E-state index in [0.717, 1.165) is 28.0 Å². The number of aryl methyl sites for hydroxylation is 1. The highest BCUT2D eigenvalue weighted by molar-refractivity contribution is 9.10. The van der Waals surface area contributed by atoms with Crippen LogP contribution >= 0.6 is 15.9 Å². The maximum Gasteiger partial charge on any atom is 0.179 e. The molecule has 1 unspecified atom stereocenters. The number of ether oxygens (including phenoxy) is 1. The summed E-state index contributed by atoms with van der Waals surface area (Å²) in [5, 5.41) is 30.2. The van der Waals surface area contributed by atoms with Crippen LogP contribution < -0.4 is 11.1 Å². The van der Waals surface area contributed by atoms with Gasteiger partial charge in [0.2, 0.25) is 0 Å². The second-order valence-corrected chi connectivity index (χ2v) is 7.02. The van der Waals surface area contributed by atoms with E-state index in [1.807, 2.05) is 34.9 Å². The first-order chi connectivity index (χ1) is 13.0. The maximum atomic E-state index is 9.47. The number of aromatic nitrogens is 3. The molecule has 0 bridgehead atoms. The predicted molar refractivity (Wildman–Crippen MR) is 104 cm³/mol. The van der Waals surface area contributed by atoms with Crippen molar-refractivity contribution < 1.29 is 14.9 Å². The summed E-state index contributed by atoms with van der Waals surface area (Å²) in [6.07, 6.45) is 6.33. The fourth-order valence-corrected chi connectivity index (χ4v) is 3.15. The van der Waals surface area contributed by atoms with Gasteiger partial charge in [0.25, 0.3) is 0 Å². The van der Waals surface area contributed by atoms with Gasteiger partial charge in [-0.3, -0.25) is 0 Å². The zero-order valence-corrected chi connectivity index (χ0v) is 16.2. The number of nitrogens with zero attached hydrogens (tertiary/aromatic N) is 3. The molecule has 1 aromatic carbocycles. The number of aliphatic hydroxyl groups excluding tert-OH is 1. The van der Waals surface area contributed by atoms with Crippen LogP contribution in [-0.2, 0) is 17.9 Å². The van der Waals surface area contributed by atoms with Crippen LogP contribution in [-0.4, -0.2) is 37.8 Å². The monoisotopic (exact) mass is 435 g/mol. The lowest BCUT2D eigenvalue weighted by Crippen LogP contribution is -2.36. The molecule has 9 heteroatoms. The van der Waals surface area contributed by atoms with Gasteiger partial charge in [-0.1, -0.05) is 28.1 Å². The number of allylic oxidation sites excluding steroid dienone is 2. The summed E-state index contributed by atoms with van der Waals surface area (Å²) in [7, 11) is 0. The Balaban J connectivity index is 1.50. The molecule has 3 rings (SSSR count). The Morgan fingerprint density at radius 1 is 1.37 bits per heavy atom. The molecule has 0 saturated heterocycles. The largest absolute Gasteiger partial charge is 0.377 e. The minimum Gasteiger partial charge on any atom is -0.377 e. The number of halogens is 1. The van der Waals surface area contributed by atoms with E-state index in [1.54, 1.807) is 12.4 Å². The van der Waals surface area contributed by atoms with Gasteiger partial charge in [0.1, 0.15) is 6.33 Å². The van der Waals surface area contributed by atoms with Gasteiger partial charge in [-0.2, -0.15) is 0 Å². The van der Waals surface area contributed by atoms with Crippen molar-refractivity contribution in [2.45, 2.75) is 32.0 Å². The molecule has 0 saturated carbocycles. The molecule has 8 nitrogen and oxygen atoms in total. The summed E-state index contributed by atoms with van der Waals surface area (Å²) < 4.78 is 8.43. The molecule has 2 heterocycles. The number of hydrogen-bond donors (Lipinski definition) is 4. The minimum atomic E-state index is -1.53. The first-order valence-electron chi connectivity index (χ1n) is 8.55. The highest BCUT2D eigenvalue weighted by Crippen LogP contribution is 2.22. The van der Waals surface area contributed by atoms with Crippen LogP contribution in [0, 0.1) is 0 Å². The van der Waals surface area contributed by atoms with Crippen LogP contribution in [0.15, 0.2) is 47.2 Å². The van der Waals surface area contributed by atoms with Crippen LogP contribution in [0.5, 0.6) is 0 Å². The molecule has 1 aliphatic rings. The van der Waals surface area contributed by atoms with Crippen molar-refractivity contribution >= 4 is 21.6 Å². The Morgan fingerprint density at radius 2 is 2.22 bits per heavy atom. The lowest BCUT2D eigenvalue weighted by Gasteiger charge is -2.18. The number of dihydropyridines is 1. The summed E-state index contributed by atoms with van der Waals surface area (Å²) in [5.74, 6) is 0.730. The second-order valence-electron chi connectivity index (χ2n) is 6.11. The number of rotatable bonds is 8. The first-order valence-corrected chi connectivity index (χ1v) is 9.35. The Labute approximate surface area is 165 Å². The van der Waals surface area contributed by atoms with E-state index in [9.17, 15) is 10.2 Å². The number of aliphatic hydroxyl groups is 2. The van der Waals surface area contributed by atoms with Crippen molar-refractivity contribution in [1.82, 2.24) is 20.1 Å². The maximum absolute atomic E-state index is 9.47.